The van der Waals surface area contributed by atoms with E-state index < -0.39 is 11.7 Å². The molecule has 0 aliphatic carbocycles. The summed E-state index contributed by atoms with van der Waals surface area (Å²) in [5.74, 6) is -1.10. The van der Waals surface area contributed by atoms with Gasteiger partial charge in [-0.25, -0.2) is 0 Å². The average Bonchev–Trinajstić information content (AvgIpc) is 2.26. The van der Waals surface area contributed by atoms with E-state index in [1.54, 1.807) is 0 Å². The number of nitrogens with zero attached hydrogens (tertiary/aromatic N) is 1. The number of hydroxylamine groups is 1. The molecule has 1 aromatic rings. The highest BCUT2D eigenvalue weighted by atomic mass is 16.7. The number of nitriles is 1. The van der Waals surface area contributed by atoms with Crippen LogP contribution < -0.4 is 10.3 Å². The van der Waals surface area contributed by atoms with Gasteiger partial charge in [0.25, 0.3) is 0 Å². The first-order chi connectivity index (χ1) is 7.13. The number of carbonyl (C=O) groups excluding carboxylic acids is 2. The SMILES string of the molecule is CC(=O)C(=O)NOc1ccc(C#N)cc1. The van der Waals surface area contributed by atoms with E-state index in [1.807, 2.05) is 11.5 Å². The largest absolute Gasteiger partial charge is 0.379 e. The number of benzene rings is 1. The fourth-order valence-corrected chi connectivity index (χ4v) is 0.775. The standard InChI is InChI=1S/C10H8N2O3/c1-7(13)10(14)12-15-9-4-2-8(6-11)3-5-9/h2-5H,1H3,(H,12,14). The zero-order valence-electron chi connectivity index (χ0n) is 7.98. The van der Waals surface area contributed by atoms with Crippen LogP contribution >= 0.6 is 0 Å². The lowest BCUT2D eigenvalue weighted by atomic mass is 10.2. The number of amides is 1. The molecule has 0 radical (unpaired) electrons. The molecule has 1 rings (SSSR count). The number of ketones is 1. The van der Waals surface area contributed by atoms with Crippen molar-refractivity contribution >= 4 is 11.7 Å². The second kappa shape index (κ2) is 4.77. The molecule has 0 atom stereocenters. The van der Waals surface area contributed by atoms with Gasteiger partial charge in [-0.3, -0.25) is 9.59 Å². The molecule has 15 heavy (non-hydrogen) atoms. The molecule has 1 amide bonds. The summed E-state index contributed by atoms with van der Waals surface area (Å²) in [5.41, 5.74) is 2.45. The first-order valence-electron chi connectivity index (χ1n) is 4.11. The molecule has 0 fully saturated rings. The summed E-state index contributed by atoms with van der Waals surface area (Å²) in [6.45, 7) is 1.14. The Hall–Kier alpha value is -2.35. The molecule has 0 saturated carbocycles. The summed E-state index contributed by atoms with van der Waals surface area (Å²) in [6, 6.07) is 8.04. The van der Waals surface area contributed by atoms with Gasteiger partial charge in [-0.2, -0.15) is 10.7 Å². The number of hydrogen-bond donors (Lipinski definition) is 1. The number of Topliss-reactive ketones (excluding diaryl/α,β-unsaturated/α-hetero) is 1. The molecule has 0 aromatic heterocycles. The van der Waals surface area contributed by atoms with Crippen LogP contribution in [0, 0.1) is 11.3 Å². The lowest BCUT2D eigenvalue weighted by molar-refractivity contribution is -0.140. The lowest BCUT2D eigenvalue weighted by Gasteiger charge is -2.04. The van der Waals surface area contributed by atoms with Crippen molar-refractivity contribution in [1.82, 2.24) is 5.48 Å². The maximum atomic E-state index is 10.8. The third-order valence-electron chi connectivity index (χ3n) is 1.56. The van der Waals surface area contributed by atoms with Crippen molar-refractivity contribution in [1.29, 1.82) is 5.26 Å². The molecule has 1 N–H and O–H groups in total. The van der Waals surface area contributed by atoms with Crippen LogP contribution in [0.25, 0.3) is 0 Å². The Balaban J connectivity index is 2.56. The Morgan fingerprint density at radius 2 is 1.93 bits per heavy atom. The van der Waals surface area contributed by atoms with Gasteiger partial charge < -0.3 is 4.84 Å². The van der Waals surface area contributed by atoms with E-state index in [9.17, 15) is 9.59 Å². The number of carbonyl (C=O) groups is 2. The van der Waals surface area contributed by atoms with E-state index in [0.717, 1.165) is 6.92 Å². The molecule has 0 aliphatic rings. The van der Waals surface area contributed by atoms with Crippen LogP contribution in [0.4, 0.5) is 0 Å². The topological polar surface area (TPSA) is 79.2 Å². The van der Waals surface area contributed by atoms with E-state index in [4.69, 9.17) is 10.1 Å². The highest BCUT2D eigenvalue weighted by molar-refractivity contribution is 6.34. The molecule has 0 heterocycles. The second-order valence-corrected chi connectivity index (χ2v) is 2.73. The first-order valence-corrected chi connectivity index (χ1v) is 4.11. The van der Waals surface area contributed by atoms with Crippen LogP contribution in [0.15, 0.2) is 24.3 Å². The van der Waals surface area contributed by atoms with Crippen molar-refractivity contribution < 1.29 is 14.4 Å². The summed E-state index contributed by atoms with van der Waals surface area (Å²) >= 11 is 0. The zero-order valence-corrected chi connectivity index (χ0v) is 7.98. The fraction of sp³-hybridized carbons (Fsp3) is 0.100. The van der Waals surface area contributed by atoms with Crippen LogP contribution in [0.1, 0.15) is 12.5 Å². The Morgan fingerprint density at radius 3 is 2.40 bits per heavy atom. The normalized spacial score (nSPS) is 8.80. The Kier molecular flexibility index (Phi) is 3.41. The fourth-order valence-electron chi connectivity index (χ4n) is 0.775. The van der Waals surface area contributed by atoms with Gasteiger partial charge in [-0.1, -0.05) is 0 Å². The maximum Gasteiger partial charge on any atom is 0.319 e. The van der Waals surface area contributed by atoms with Crippen LogP contribution in [-0.4, -0.2) is 11.7 Å². The minimum atomic E-state index is -0.820. The van der Waals surface area contributed by atoms with E-state index in [-0.39, 0.29) is 0 Å². The van der Waals surface area contributed by atoms with Gasteiger partial charge in [-0.05, 0) is 24.3 Å². The summed E-state index contributed by atoms with van der Waals surface area (Å²) in [6.07, 6.45) is 0. The summed E-state index contributed by atoms with van der Waals surface area (Å²) < 4.78 is 0. The highest BCUT2D eigenvalue weighted by Crippen LogP contribution is 2.09. The summed E-state index contributed by atoms with van der Waals surface area (Å²) in [4.78, 5) is 26.1. The van der Waals surface area contributed by atoms with E-state index in [0.29, 0.717) is 11.3 Å². The third-order valence-corrected chi connectivity index (χ3v) is 1.56. The van der Waals surface area contributed by atoms with Gasteiger partial charge >= 0.3 is 5.91 Å². The van der Waals surface area contributed by atoms with Crippen LogP contribution in [0.3, 0.4) is 0 Å². The van der Waals surface area contributed by atoms with E-state index in [2.05, 4.69) is 0 Å². The summed E-state index contributed by atoms with van der Waals surface area (Å²) in [5, 5.41) is 8.51. The van der Waals surface area contributed by atoms with Crippen LogP contribution in [-0.2, 0) is 9.59 Å². The molecule has 1 aromatic carbocycles. The molecule has 0 unspecified atom stereocenters. The monoisotopic (exact) mass is 204 g/mol. The first kappa shape index (κ1) is 10.7. The molecular weight excluding hydrogens is 196 g/mol. The second-order valence-electron chi connectivity index (χ2n) is 2.73. The highest BCUT2D eigenvalue weighted by Gasteiger charge is 2.06. The van der Waals surface area contributed by atoms with Crippen molar-refractivity contribution in [3.05, 3.63) is 29.8 Å². The molecular formula is C10H8N2O3. The van der Waals surface area contributed by atoms with Crippen molar-refractivity contribution in [3.63, 3.8) is 0 Å². The maximum absolute atomic E-state index is 10.8. The molecule has 0 bridgehead atoms. The van der Waals surface area contributed by atoms with Gasteiger partial charge in [0.1, 0.15) is 0 Å². The van der Waals surface area contributed by atoms with Gasteiger partial charge in [0.15, 0.2) is 5.75 Å². The van der Waals surface area contributed by atoms with Crippen molar-refractivity contribution in [3.8, 4) is 11.8 Å². The van der Waals surface area contributed by atoms with Crippen molar-refractivity contribution in [2.75, 3.05) is 0 Å². The minimum Gasteiger partial charge on any atom is -0.379 e. The van der Waals surface area contributed by atoms with E-state index >= 15 is 0 Å². The van der Waals surface area contributed by atoms with Gasteiger partial charge in [-0.15, -0.1) is 0 Å². The van der Waals surface area contributed by atoms with Gasteiger partial charge in [0.2, 0.25) is 5.78 Å². The van der Waals surface area contributed by atoms with E-state index in [1.165, 1.54) is 24.3 Å². The van der Waals surface area contributed by atoms with Crippen molar-refractivity contribution in [2.45, 2.75) is 6.92 Å². The lowest BCUT2D eigenvalue weighted by Crippen LogP contribution is -2.31. The quantitative estimate of drug-likeness (QED) is 0.576. The average molecular weight is 204 g/mol. The third kappa shape index (κ3) is 3.12. The molecule has 0 saturated heterocycles. The van der Waals surface area contributed by atoms with Gasteiger partial charge in [0, 0.05) is 6.92 Å². The van der Waals surface area contributed by atoms with Crippen molar-refractivity contribution in [2.24, 2.45) is 0 Å². The molecule has 0 aliphatic heterocycles. The van der Waals surface area contributed by atoms with Crippen LogP contribution in [0.2, 0.25) is 0 Å². The molecule has 0 spiro atoms. The smallest absolute Gasteiger partial charge is 0.319 e. The predicted octanol–water partition coefficient (Wildman–Crippen LogP) is 0.557. The number of hydrogen-bond acceptors (Lipinski definition) is 4. The van der Waals surface area contributed by atoms with Gasteiger partial charge in [0.05, 0.1) is 11.6 Å². The Labute approximate surface area is 86.2 Å². The number of rotatable bonds is 3. The molecule has 5 heteroatoms. The Morgan fingerprint density at radius 1 is 1.33 bits per heavy atom. The minimum absolute atomic E-state index is 0.351. The predicted molar refractivity (Wildman–Crippen MR) is 50.6 cm³/mol. The molecule has 76 valence electrons. The number of nitrogens with one attached hydrogen (secondary N) is 1. The van der Waals surface area contributed by atoms with Crippen LogP contribution in [0.5, 0.6) is 5.75 Å². The Bertz CT molecular complexity index is 417. The summed E-state index contributed by atoms with van der Waals surface area (Å²) in [7, 11) is 0. The zero-order chi connectivity index (χ0) is 11.3. The molecule has 5 nitrogen and oxygen atoms in total.